The number of thiazole rings is 1. The minimum Gasteiger partial charge on any atom is -0.348 e. The van der Waals surface area contributed by atoms with Crippen molar-refractivity contribution < 1.29 is 9.18 Å². The lowest BCUT2D eigenvalue weighted by atomic mass is 9.98. The Balaban J connectivity index is 1.46. The van der Waals surface area contributed by atoms with Gasteiger partial charge in [0.1, 0.15) is 10.8 Å². The largest absolute Gasteiger partial charge is 0.348 e. The molecule has 2 atom stereocenters. The average Bonchev–Trinajstić information content (AvgIpc) is 3.08. The number of thioether (sulfide) groups is 1. The highest BCUT2D eigenvalue weighted by Gasteiger charge is 2.27. The molecule has 4 nitrogen and oxygen atoms in total. The molecule has 0 bridgehead atoms. The standard InChI is InChI=1S/C19H22FN3OS2/c20-13-6-4-12(5-7-13)19-23-16-3-1-2-15(18(16)26-19)22-17(24)10-14-11-25-9-8-21-14/h4-7,14-15,21H,1-3,8-11H2,(H,22,24). The maximum atomic E-state index is 13.2. The van der Waals surface area contributed by atoms with Gasteiger partial charge in [0, 0.05) is 36.1 Å². The summed E-state index contributed by atoms with van der Waals surface area (Å²) in [6, 6.07) is 6.77. The van der Waals surface area contributed by atoms with Crippen LogP contribution in [0.15, 0.2) is 24.3 Å². The van der Waals surface area contributed by atoms with Gasteiger partial charge in [-0.05, 0) is 43.5 Å². The summed E-state index contributed by atoms with van der Waals surface area (Å²) in [6.07, 6.45) is 3.46. The van der Waals surface area contributed by atoms with Crippen molar-refractivity contribution in [1.29, 1.82) is 0 Å². The van der Waals surface area contributed by atoms with Crippen molar-refractivity contribution in [2.75, 3.05) is 18.1 Å². The summed E-state index contributed by atoms with van der Waals surface area (Å²) in [5, 5.41) is 7.54. The zero-order valence-electron chi connectivity index (χ0n) is 14.5. The first-order valence-electron chi connectivity index (χ1n) is 9.05. The number of amides is 1. The molecule has 1 fully saturated rings. The lowest BCUT2D eigenvalue weighted by Crippen LogP contribution is -2.42. The first kappa shape index (κ1) is 17.9. The molecule has 2 N–H and O–H groups in total. The van der Waals surface area contributed by atoms with Crippen LogP contribution in [0.1, 0.15) is 35.9 Å². The van der Waals surface area contributed by atoms with Crippen LogP contribution >= 0.6 is 23.1 Å². The van der Waals surface area contributed by atoms with Crippen LogP contribution in [0.2, 0.25) is 0 Å². The highest BCUT2D eigenvalue weighted by Crippen LogP contribution is 2.38. The van der Waals surface area contributed by atoms with E-state index in [0.29, 0.717) is 6.42 Å². The van der Waals surface area contributed by atoms with Crippen LogP contribution in [0.25, 0.3) is 10.6 Å². The predicted molar refractivity (Wildman–Crippen MR) is 105 cm³/mol. The van der Waals surface area contributed by atoms with Crippen molar-refractivity contribution in [2.45, 2.75) is 37.8 Å². The number of rotatable bonds is 4. The van der Waals surface area contributed by atoms with E-state index in [1.165, 1.54) is 12.1 Å². The van der Waals surface area contributed by atoms with E-state index in [0.717, 1.165) is 58.5 Å². The normalized spacial score (nSPS) is 22.7. The van der Waals surface area contributed by atoms with E-state index >= 15 is 0 Å². The molecule has 1 saturated heterocycles. The SMILES string of the molecule is O=C(CC1CSCCN1)NC1CCCc2nc(-c3ccc(F)cc3)sc21. The molecular weight excluding hydrogens is 369 g/mol. The fourth-order valence-corrected chi connectivity index (χ4v) is 5.65. The van der Waals surface area contributed by atoms with Crippen LogP contribution in [0.4, 0.5) is 4.39 Å². The maximum absolute atomic E-state index is 13.2. The van der Waals surface area contributed by atoms with Crippen molar-refractivity contribution in [1.82, 2.24) is 15.6 Å². The van der Waals surface area contributed by atoms with Crippen LogP contribution in [0.3, 0.4) is 0 Å². The predicted octanol–water partition coefficient (Wildman–Crippen LogP) is 3.54. The van der Waals surface area contributed by atoms with Crippen molar-refractivity contribution in [3.05, 3.63) is 40.7 Å². The van der Waals surface area contributed by atoms with Gasteiger partial charge in [0.05, 0.1) is 16.6 Å². The molecule has 0 saturated carbocycles. The van der Waals surface area contributed by atoms with Crippen LogP contribution in [0, 0.1) is 5.82 Å². The van der Waals surface area contributed by atoms with Gasteiger partial charge in [0.25, 0.3) is 0 Å². The number of benzene rings is 1. The van der Waals surface area contributed by atoms with E-state index in [1.807, 2.05) is 11.8 Å². The number of fused-ring (bicyclic) bond motifs is 1. The first-order valence-corrected chi connectivity index (χ1v) is 11.0. The number of nitrogens with zero attached hydrogens (tertiary/aromatic N) is 1. The summed E-state index contributed by atoms with van der Waals surface area (Å²) in [4.78, 5) is 18.4. The van der Waals surface area contributed by atoms with E-state index in [2.05, 4.69) is 10.6 Å². The quantitative estimate of drug-likeness (QED) is 0.837. The lowest BCUT2D eigenvalue weighted by Gasteiger charge is -2.26. The molecule has 2 heterocycles. The summed E-state index contributed by atoms with van der Waals surface area (Å²) < 4.78 is 13.2. The molecule has 1 aliphatic carbocycles. The second-order valence-corrected chi connectivity index (χ2v) is 8.96. The Morgan fingerprint density at radius 2 is 2.19 bits per heavy atom. The zero-order valence-corrected chi connectivity index (χ0v) is 16.1. The van der Waals surface area contributed by atoms with Gasteiger partial charge in [-0.15, -0.1) is 11.3 Å². The molecule has 0 spiro atoms. The molecule has 2 aromatic rings. The zero-order chi connectivity index (χ0) is 17.9. The summed E-state index contributed by atoms with van der Waals surface area (Å²) in [5.41, 5.74) is 2.01. The third-order valence-corrected chi connectivity index (χ3v) is 7.20. The lowest BCUT2D eigenvalue weighted by molar-refractivity contribution is -0.122. The number of hydrogen-bond acceptors (Lipinski definition) is 5. The van der Waals surface area contributed by atoms with E-state index < -0.39 is 0 Å². The van der Waals surface area contributed by atoms with E-state index in [1.54, 1.807) is 23.5 Å². The van der Waals surface area contributed by atoms with Crippen molar-refractivity contribution in [3.63, 3.8) is 0 Å². The Morgan fingerprint density at radius 3 is 2.96 bits per heavy atom. The average molecular weight is 392 g/mol. The summed E-state index contributed by atoms with van der Waals surface area (Å²) in [7, 11) is 0. The van der Waals surface area contributed by atoms with Crippen LogP contribution in [-0.2, 0) is 11.2 Å². The molecule has 2 unspecified atom stereocenters. The molecule has 2 aliphatic rings. The topological polar surface area (TPSA) is 54.0 Å². The number of aryl methyl sites for hydroxylation is 1. The molecule has 26 heavy (non-hydrogen) atoms. The molecule has 1 aliphatic heterocycles. The Kier molecular flexibility index (Phi) is 5.57. The third kappa shape index (κ3) is 4.10. The van der Waals surface area contributed by atoms with Crippen molar-refractivity contribution >= 4 is 29.0 Å². The second-order valence-electron chi connectivity index (χ2n) is 6.78. The van der Waals surface area contributed by atoms with Gasteiger partial charge in [-0.1, -0.05) is 0 Å². The monoisotopic (exact) mass is 391 g/mol. The highest BCUT2D eigenvalue weighted by atomic mass is 32.2. The van der Waals surface area contributed by atoms with Gasteiger partial charge in [-0.2, -0.15) is 11.8 Å². The smallest absolute Gasteiger partial charge is 0.222 e. The molecule has 138 valence electrons. The fraction of sp³-hybridized carbons (Fsp3) is 0.474. The molecule has 1 amide bonds. The first-order chi connectivity index (χ1) is 12.7. The number of hydrogen-bond donors (Lipinski definition) is 2. The number of nitrogens with one attached hydrogen (secondary N) is 2. The summed E-state index contributed by atoms with van der Waals surface area (Å²) >= 11 is 3.53. The molecule has 7 heteroatoms. The maximum Gasteiger partial charge on any atom is 0.222 e. The molecular formula is C19H22FN3OS2. The Bertz CT molecular complexity index is 772. The van der Waals surface area contributed by atoms with Gasteiger partial charge < -0.3 is 10.6 Å². The molecule has 1 aromatic heterocycles. The van der Waals surface area contributed by atoms with E-state index in [-0.39, 0.29) is 23.8 Å². The van der Waals surface area contributed by atoms with Gasteiger partial charge >= 0.3 is 0 Å². The van der Waals surface area contributed by atoms with Gasteiger partial charge in [0.2, 0.25) is 5.91 Å². The molecule has 4 rings (SSSR count). The Hall–Kier alpha value is -1.44. The molecule has 0 radical (unpaired) electrons. The Labute approximate surface area is 161 Å². The highest BCUT2D eigenvalue weighted by molar-refractivity contribution is 7.99. The summed E-state index contributed by atoms with van der Waals surface area (Å²) in [5.74, 6) is 1.99. The van der Waals surface area contributed by atoms with Crippen LogP contribution in [-0.4, -0.2) is 35.0 Å². The Morgan fingerprint density at radius 1 is 1.35 bits per heavy atom. The van der Waals surface area contributed by atoms with Gasteiger partial charge in [-0.25, -0.2) is 9.37 Å². The minimum atomic E-state index is -0.241. The van der Waals surface area contributed by atoms with Crippen molar-refractivity contribution in [3.8, 4) is 10.6 Å². The number of halogens is 1. The third-order valence-electron chi connectivity index (χ3n) is 4.81. The van der Waals surface area contributed by atoms with Gasteiger partial charge in [-0.3, -0.25) is 4.79 Å². The van der Waals surface area contributed by atoms with Crippen LogP contribution in [0.5, 0.6) is 0 Å². The van der Waals surface area contributed by atoms with Crippen LogP contribution < -0.4 is 10.6 Å². The minimum absolute atomic E-state index is 0.0502. The molecule has 1 aromatic carbocycles. The number of carbonyl (C=O) groups is 1. The van der Waals surface area contributed by atoms with Gasteiger partial charge in [0.15, 0.2) is 0 Å². The van der Waals surface area contributed by atoms with E-state index in [9.17, 15) is 9.18 Å². The number of carbonyl (C=O) groups excluding carboxylic acids is 1. The van der Waals surface area contributed by atoms with E-state index in [4.69, 9.17) is 4.98 Å². The number of aromatic nitrogens is 1. The summed E-state index contributed by atoms with van der Waals surface area (Å²) in [6.45, 7) is 0.978. The second kappa shape index (κ2) is 8.06. The van der Waals surface area contributed by atoms with Crippen molar-refractivity contribution in [2.24, 2.45) is 0 Å². The fourth-order valence-electron chi connectivity index (χ4n) is 3.50.